The Balaban J connectivity index is 3.73. The summed E-state index contributed by atoms with van der Waals surface area (Å²) in [5, 5.41) is 0. The minimum atomic E-state index is -6.74. The van der Waals surface area contributed by atoms with Gasteiger partial charge in [0.25, 0.3) is 0 Å². The van der Waals surface area contributed by atoms with Crippen molar-refractivity contribution in [1.82, 2.24) is 0 Å². The molecule has 0 fully saturated rings. The van der Waals surface area contributed by atoms with E-state index in [2.05, 4.69) is 4.74 Å². The van der Waals surface area contributed by atoms with Gasteiger partial charge in [0.15, 0.2) is 0 Å². The lowest BCUT2D eigenvalue weighted by Gasteiger charge is -2.36. The van der Waals surface area contributed by atoms with Gasteiger partial charge in [0.05, 0.1) is 7.11 Å². The number of ether oxygens (including phenoxy) is 1. The molecule has 0 bridgehead atoms. The number of hydrogen-bond donors (Lipinski definition) is 0. The summed E-state index contributed by atoms with van der Waals surface area (Å²) in [6.45, 7) is 1.09. The second-order valence-electron chi connectivity index (χ2n) is 4.47. The Morgan fingerprint density at radius 1 is 0.773 bits per heavy atom. The van der Waals surface area contributed by atoms with Crippen molar-refractivity contribution in [2.24, 2.45) is 0 Å². The summed E-state index contributed by atoms with van der Waals surface area (Å²) in [6.07, 6.45) is -13.3. The topological polar surface area (TPSA) is 9.23 Å². The molecule has 0 aliphatic rings. The molecule has 1 nitrogen and oxygen atoms in total. The fourth-order valence-corrected chi connectivity index (χ4v) is 1.78. The van der Waals surface area contributed by atoms with E-state index in [1.165, 1.54) is 0 Å². The second kappa shape index (κ2) is 5.24. The van der Waals surface area contributed by atoms with Crippen molar-refractivity contribution in [3.05, 3.63) is 29.3 Å². The normalized spacial score (nSPS) is 16.3. The molecule has 0 saturated carbocycles. The molecular weight excluding hydrogens is 331 g/mol. The maximum atomic E-state index is 14.2. The van der Waals surface area contributed by atoms with Gasteiger partial charge in [0.2, 0.25) is 0 Å². The van der Waals surface area contributed by atoms with Crippen LogP contribution in [0, 0.1) is 6.92 Å². The van der Waals surface area contributed by atoms with Crippen molar-refractivity contribution >= 4 is 0 Å². The van der Waals surface area contributed by atoms with Gasteiger partial charge in [-0.15, -0.1) is 0 Å². The summed E-state index contributed by atoms with van der Waals surface area (Å²) in [6, 6.07) is 1.46. The molecule has 0 spiro atoms. The number of methoxy groups -OCH3 is 1. The van der Waals surface area contributed by atoms with Crippen LogP contribution in [-0.2, 0) is 5.67 Å². The molecule has 0 radical (unpaired) electrons. The molecule has 22 heavy (non-hydrogen) atoms. The summed E-state index contributed by atoms with van der Waals surface area (Å²) in [5.41, 5.74) is -8.02. The van der Waals surface area contributed by atoms with Crippen LogP contribution in [0.2, 0.25) is 0 Å². The molecule has 0 heterocycles. The van der Waals surface area contributed by atoms with Gasteiger partial charge in [0.1, 0.15) is 5.75 Å². The standard InChI is InChI=1S/C12H9F9O/c1-6-3-7(5-8(4-6)22-2)9(13,11(16,17)18)10(14,15)12(19,20)21/h3-5H,1-2H3. The van der Waals surface area contributed by atoms with Gasteiger partial charge in [-0.25, -0.2) is 4.39 Å². The summed E-state index contributed by atoms with van der Waals surface area (Å²) >= 11 is 0. The van der Waals surface area contributed by atoms with Crippen molar-refractivity contribution in [3.8, 4) is 5.75 Å². The van der Waals surface area contributed by atoms with Crippen LogP contribution in [0.1, 0.15) is 11.1 Å². The quantitative estimate of drug-likeness (QED) is 0.709. The van der Waals surface area contributed by atoms with E-state index >= 15 is 0 Å². The minimum Gasteiger partial charge on any atom is -0.497 e. The molecule has 1 unspecified atom stereocenters. The lowest BCUT2D eigenvalue weighted by Crippen LogP contribution is -2.59. The zero-order valence-electron chi connectivity index (χ0n) is 11.0. The number of alkyl halides is 9. The van der Waals surface area contributed by atoms with Crippen molar-refractivity contribution in [3.63, 3.8) is 0 Å². The van der Waals surface area contributed by atoms with Crippen LogP contribution >= 0.6 is 0 Å². The molecule has 126 valence electrons. The van der Waals surface area contributed by atoms with Gasteiger partial charge in [-0.05, 0) is 24.6 Å². The predicted octanol–water partition coefficient (Wildman–Crippen LogP) is 4.93. The first-order chi connectivity index (χ1) is 9.68. The Bertz CT molecular complexity index is 547. The molecule has 0 saturated heterocycles. The lowest BCUT2D eigenvalue weighted by atomic mass is 9.86. The Labute approximate surface area is 118 Å². The van der Waals surface area contributed by atoms with Crippen LogP contribution in [0.25, 0.3) is 0 Å². The van der Waals surface area contributed by atoms with Crippen LogP contribution in [0.4, 0.5) is 39.5 Å². The molecule has 1 atom stereocenters. The highest BCUT2D eigenvalue weighted by molar-refractivity contribution is 5.39. The number of aryl methyl sites for hydroxylation is 1. The summed E-state index contributed by atoms with van der Waals surface area (Å²) in [5.74, 6) is -7.17. The van der Waals surface area contributed by atoms with Gasteiger partial charge in [-0.2, -0.15) is 35.1 Å². The van der Waals surface area contributed by atoms with E-state index < -0.39 is 35.3 Å². The maximum absolute atomic E-state index is 14.2. The molecule has 0 aromatic heterocycles. The number of hydrogen-bond acceptors (Lipinski definition) is 1. The zero-order chi connectivity index (χ0) is 17.6. The van der Waals surface area contributed by atoms with Crippen molar-refractivity contribution < 1.29 is 44.3 Å². The van der Waals surface area contributed by atoms with Gasteiger partial charge >= 0.3 is 23.9 Å². The Morgan fingerprint density at radius 3 is 1.64 bits per heavy atom. The first-order valence-corrected chi connectivity index (χ1v) is 5.55. The largest absolute Gasteiger partial charge is 0.497 e. The number of benzene rings is 1. The highest BCUT2D eigenvalue weighted by atomic mass is 19.4. The Kier molecular flexibility index (Phi) is 4.39. The van der Waals surface area contributed by atoms with Crippen LogP contribution in [-0.4, -0.2) is 25.4 Å². The second-order valence-corrected chi connectivity index (χ2v) is 4.47. The van der Waals surface area contributed by atoms with E-state index in [1.807, 2.05) is 0 Å². The zero-order valence-corrected chi connectivity index (χ0v) is 11.0. The van der Waals surface area contributed by atoms with Gasteiger partial charge < -0.3 is 4.74 Å². The third-order valence-corrected chi connectivity index (χ3v) is 2.86. The van der Waals surface area contributed by atoms with Crippen LogP contribution in [0.5, 0.6) is 5.75 Å². The van der Waals surface area contributed by atoms with Crippen molar-refractivity contribution in [2.45, 2.75) is 30.9 Å². The first-order valence-electron chi connectivity index (χ1n) is 5.55. The minimum absolute atomic E-state index is 0.153. The number of halogens is 9. The fourth-order valence-electron chi connectivity index (χ4n) is 1.78. The molecule has 1 aromatic carbocycles. The lowest BCUT2D eigenvalue weighted by molar-refractivity contribution is -0.389. The molecule has 0 N–H and O–H groups in total. The molecule has 0 aliphatic heterocycles. The van der Waals surface area contributed by atoms with E-state index in [1.54, 1.807) is 0 Å². The van der Waals surface area contributed by atoms with Gasteiger partial charge in [-0.3, -0.25) is 0 Å². The van der Waals surface area contributed by atoms with E-state index in [9.17, 15) is 39.5 Å². The van der Waals surface area contributed by atoms with E-state index in [4.69, 9.17) is 0 Å². The monoisotopic (exact) mass is 340 g/mol. The Morgan fingerprint density at radius 2 is 1.27 bits per heavy atom. The summed E-state index contributed by atoms with van der Waals surface area (Å²) < 4.78 is 120. The Hall–Kier alpha value is -1.61. The molecule has 1 aromatic rings. The highest BCUT2D eigenvalue weighted by Crippen LogP contribution is 2.58. The smallest absolute Gasteiger partial charge is 0.457 e. The highest BCUT2D eigenvalue weighted by Gasteiger charge is 2.81. The average molecular weight is 340 g/mol. The van der Waals surface area contributed by atoms with Crippen LogP contribution < -0.4 is 4.74 Å². The third kappa shape index (κ3) is 2.70. The number of rotatable bonds is 3. The average Bonchev–Trinajstić information content (AvgIpc) is 2.33. The van der Waals surface area contributed by atoms with E-state index in [0.717, 1.165) is 20.1 Å². The molecule has 0 aliphatic carbocycles. The van der Waals surface area contributed by atoms with Crippen molar-refractivity contribution in [1.29, 1.82) is 0 Å². The molecule has 10 heteroatoms. The molecular formula is C12H9F9O. The summed E-state index contributed by atoms with van der Waals surface area (Å²) in [4.78, 5) is 0. The predicted molar refractivity (Wildman–Crippen MR) is 57.6 cm³/mol. The van der Waals surface area contributed by atoms with Gasteiger partial charge in [-0.1, -0.05) is 6.07 Å². The molecule has 1 rings (SSSR count). The maximum Gasteiger partial charge on any atom is 0.457 e. The first kappa shape index (κ1) is 18.4. The third-order valence-electron chi connectivity index (χ3n) is 2.86. The SMILES string of the molecule is COc1cc(C)cc(C(F)(C(F)(F)F)C(F)(F)C(F)(F)F)c1. The van der Waals surface area contributed by atoms with E-state index in [0.29, 0.717) is 0 Å². The van der Waals surface area contributed by atoms with Crippen LogP contribution in [0.15, 0.2) is 18.2 Å². The van der Waals surface area contributed by atoms with Crippen molar-refractivity contribution in [2.75, 3.05) is 7.11 Å². The summed E-state index contributed by atoms with van der Waals surface area (Å²) in [7, 11) is 0.938. The fraction of sp³-hybridized carbons (Fsp3) is 0.500. The van der Waals surface area contributed by atoms with Crippen LogP contribution in [0.3, 0.4) is 0 Å². The molecule has 0 amide bonds. The van der Waals surface area contributed by atoms with E-state index in [-0.39, 0.29) is 17.7 Å². The van der Waals surface area contributed by atoms with Gasteiger partial charge in [0, 0.05) is 5.56 Å².